The van der Waals surface area contributed by atoms with Crippen molar-refractivity contribution in [1.29, 1.82) is 0 Å². The minimum absolute atomic E-state index is 0.474. The maximum absolute atomic E-state index is 10.7. The fourth-order valence-electron chi connectivity index (χ4n) is 5.11. The Kier molecular flexibility index (Phi) is 4.54. The van der Waals surface area contributed by atoms with Gasteiger partial charge < -0.3 is 10.2 Å². The molecule has 1 aliphatic carbocycles. The zero-order chi connectivity index (χ0) is 20.6. The van der Waals surface area contributed by atoms with Gasteiger partial charge in [-0.2, -0.15) is 0 Å². The molecule has 0 saturated heterocycles. The highest BCUT2D eigenvalue weighted by atomic mass is 16.5. The molecule has 0 heterocycles. The van der Waals surface area contributed by atoms with Gasteiger partial charge in [-0.3, -0.25) is 0 Å². The lowest BCUT2D eigenvalue weighted by Gasteiger charge is -2.29. The van der Waals surface area contributed by atoms with Crippen molar-refractivity contribution in [2.24, 2.45) is 0 Å². The standard InChI is InChI=1S/C28H24O2/c29-26(30)28(25-18-16-22(17-19-25)21-10-4-1-5-11-21)20-27(28,23-12-6-2-7-13-23)24-14-8-3-9-15-24/h1-19,26,29-30H,20H2/t28-/m0/s1. The molecule has 2 nitrogen and oxygen atoms in total. The van der Waals surface area contributed by atoms with Crippen LogP contribution in [-0.2, 0) is 10.8 Å². The van der Waals surface area contributed by atoms with E-state index in [0.717, 1.165) is 27.8 Å². The SMILES string of the molecule is OC(O)[C@@]1(c2ccc(-c3ccccc3)cc2)CC1(c1ccccc1)c1ccccc1. The van der Waals surface area contributed by atoms with Crippen LogP contribution in [-0.4, -0.2) is 16.5 Å². The van der Waals surface area contributed by atoms with Crippen LogP contribution in [0.5, 0.6) is 0 Å². The van der Waals surface area contributed by atoms with E-state index in [1.165, 1.54) is 0 Å². The lowest BCUT2D eigenvalue weighted by atomic mass is 9.76. The van der Waals surface area contributed by atoms with Gasteiger partial charge in [0, 0.05) is 5.41 Å². The molecule has 5 rings (SSSR count). The minimum atomic E-state index is -1.47. The van der Waals surface area contributed by atoms with Crippen molar-refractivity contribution < 1.29 is 10.2 Å². The van der Waals surface area contributed by atoms with Crippen molar-refractivity contribution in [2.75, 3.05) is 0 Å². The molecule has 1 saturated carbocycles. The maximum Gasteiger partial charge on any atom is 0.162 e. The summed E-state index contributed by atoms with van der Waals surface area (Å²) in [5.74, 6) is 0. The quantitative estimate of drug-likeness (QED) is 0.453. The molecule has 1 fully saturated rings. The lowest BCUT2D eigenvalue weighted by Crippen LogP contribution is -2.35. The highest BCUT2D eigenvalue weighted by Gasteiger charge is 2.73. The van der Waals surface area contributed by atoms with Crippen LogP contribution in [0.3, 0.4) is 0 Å². The number of hydrogen-bond donors (Lipinski definition) is 2. The van der Waals surface area contributed by atoms with Crippen LogP contribution in [0.2, 0.25) is 0 Å². The molecule has 2 N–H and O–H groups in total. The Morgan fingerprint density at radius 3 is 1.40 bits per heavy atom. The van der Waals surface area contributed by atoms with Crippen LogP contribution in [0.15, 0.2) is 115 Å². The van der Waals surface area contributed by atoms with Gasteiger partial charge in [-0.25, -0.2) is 0 Å². The van der Waals surface area contributed by atoms with Crippen molar-refractivity contribution in [1.82, 2.24) is 0 Å². The molecule has 0 amide bonds. The third kappa shape index (κ3) is 2.72. The molecule has 1 aliphatic rings. The third-order valence-corrected chi connectivity index (χ3v) is 6.66. The number of aliphatic hydroxyl groups excluding tert-OH is 1. The van der Waals surface area contributed by atoms with Gasteiger partial charge in [0.1, 0.15) is 0 Å². The Morgan fingerprint density at radius 2 is 0.933 bits per heavy atom. The van der Waals surface area contributed by atoms with E-state index in [1.54, 1.807) is 0 Å². The molecule has 0 spiro atoms. The Balaban J connectivity index is 1.65. The van der Waals surface area contributed by atoms with Gasteiger partial charge in [-0.15, -0.1) is 0 Å². The fraction of sp³-hybridized carbons (Fsp3) is 0.143. The van der Waals surface area contributed by atoms with E-state index >= 15 is 0 Å². The second kappa shape index (κ2) is 7.24. The van der Waals surface area contributed by atoms with Gasteiger partial charge in [-0.05, 0) is 34.2 Å². The van der Waals surface area contributed by atoms with Crippen LogP contribution in [0.1, 0.15) is 23.1 Å². The first-order chi connectivity index (χ1) is 14.7. The van der Waals surface area contributed by atoms with E-state index < -0.39 is 17.1 Å². The summed E-state index contributed by atoms with van der Waals surface area (Å²) in [5, 5.41) is 21.4. The fourth-order valence-corrected chi connectivity index (χ4v) is 5.11. The van der Waals surface area contributed by atoms with Crippen molar-refractivity contribution in [3.63, 3.8) is 0 Å². The molecule has 30 heavy (non-hydrogen) atoms. The zero-order valence-electron chi connectivity index (χ0n) is 16.6. The molecular formula is C28H24O2. The van der Waals surface area contributed by atoms with Gasteiger partial charge in [0.2, 0.25) is 0 Å². The van der Waals surface area contributed by atoms with Gasteiger partial charge in [0.05, 0.1) is 5.41 Å². The van der Waals surface area contributed by atoms with Crippen molar-refractivity contribution >= 4 is 0 Å². The first-order valence-electron chi connectivity index (χ1n) is 10.3. The van der Waals surface area contributed by atoms with E-state index in [0.29, 0.717) is 6.42 Å². The van der Waals surface area contributed by atoms with Crippen molar-refractivity contribution in [2.45, 2.75) is 23.5 Å². The largest absolute Gasteiger partial charge is 0.367 e. The van der Waals surface area contributed by atoms with Gasteiger partial charge >= 0.3 is 0 Å². The molecule has 4 aromatic rings. The Bertz CT molecular complexity index is 1080. The van der Waals surface area contributed by atoms with Gasteiger partial charge in [0.15, 0.2) is 6.29 Å². The van der Waals surface area contributed by atoms with E-state index in [2.05, 4.69) is 60.7 Å². The van der Waals surface area contributed by atoms with Crippen LogP contribution in [0.25, 0.3) is 11.1 Å². The van der Waals surface area contributed by atoms with E-state index in [4.69, 9.17) is 0 Å². The van der Waals surface area contributed by atoms with Crippen LogP contribution >= 0.6 is 0 Å². The number of hydrogen-bond acceptors (Lipinski definition) is 2. The Labute approximate surface area is 177 Å². The summed E-state index contributed by atoms with van der Waals surface area (Å²) in [5.41, 5.74) is 4.17. The summed E-state index contributed by atoms with van der Waals surface area (Å²) in [6.07, 6.45) is -0.823. The van der Waals surface area contributed by atoms with Crippen LogP contribution in [0, 0.1) is 0 Å². The average molecular weight is 392 g/mol. The minimum Gasteiger partial charge on any atom is -0.367 e. The second-order valence-electron chi connectivity index (χ2n) is 8.10. The number of rotatable bonds is 5. The number of benzene rings is 4. The number of aliphatic hydroxyl groups is 2. The topological polar surface area (TPSA) is 40.5 Å². The summed E-state index contributed by atoms with van der Waals surface area (Å²) in [7, 11) is 0. The first kappa shape index (κ1) is 18.8. The molecule has 0 radical (unpaired) electrons. The molecule has 2 heteroatoms. The highest BCUT2D eigenvalue weighted by Crippen LogP contribution is 2.70. The van der Waals surface area contributed by atoms with E-state index in [-0.39, 0.29) is 0 Å². The van der Waals surface area contributed by atoms with E-state index in [1.807, 2.05) is 54.6 Å². The zero-order valence-corrected chi connectivity index (χ0v) is 16.6. The smallest absolute Gasteiger partial charge is 0.162 e. The molecule has 0 aliphatic heterocycles. The molecule has 4 aromatic carbocycles. The normalized spacial score (nSPS) is 19.6. The molecular weight excluding hydrogens is 368 g/mol. The molecule has 0 unspecified atom stereocenters. The monoisotopic (exact) mass is 392 g/mol. The average Bonchev–Trinajstić information content (AvgIpc) is 3.54. The van der Waals surface area contributed by atoms with E-state index in [9.17, 15) is 10.2 Å². The lowest BCUT2D eigenvalue weighted by molar-refractivity contribution is -0.0742. The Hall–Kier alpha value is -3.20. The Morgan fingerprint density at radius 1 is 0.500 bits per heavy atom. The highest BCUT2D eigenvalue weighted by molar-refractivity contribution is 5.66. The predicted molar refractivity (Wildman–Crippen MR) is 120 cm³/mol. The van der Waals surface area contributed by atoms with Crippen molar-refractivity contribution in [3.05, 3.63) is 132 Å². The van der Waals surface area contributed by atoms with Gasteiger partial charge in [0.25, 0.3) is 0 Å². The predicted octanol–water partition coefficient (Wildman–Crippen LogP) is 5.29. The first-order valence-corrected chi connectivity index (χ1v) is 10.3. The van der Waals surface area contributed by atoms with Crippen LogP contribution in [0.4, 0.5) is 0 Å². The molecule has 0 aromatic heterocycles. The summed E-state index contributed by atoms with van der Waals surface area (Å²) in [4.78, 5) is 0. The van der Waals surface area contributed by atoms with Gasteiger partial charge in [-0.1, -0.05) is 115 Å². The summed E-state index contributed by atoms with van der Waals surface area (Å²) in [6.45, 7) is 0. The third-order valence-electron chi connectivity index (χ3n) is 6.66. The summed E-state index contributed by atoms with van der Waals surface area (Å²) in [6, 6.07) is 38.9. The summed E-state index contributed by atoms with van der Waals surface area (Å²) < 4.78 is 0. The van der Waals surface area contributed by atoms with Crippen LogP contribution < -0.4 is 0 Å². The van der Waals surface area contributed by atoms with Crippen molar-refractivity contribution in [3.8, 4) is 11.1 Å². The maximum atomic E-state index is 10.7. The molecule has 1 atom stereocenters. The molecule has 148 valence electrons. The molecule has 0 bridgehead atoms. The second-order valence-corrected chi connectivity index (χ2v) is 8.10. The summed E-state index contributed by atoms with van der Waals surface area (Å²) >= 11 is 0.